The van der Waals surface area contributed by atoms with Crippen LogP contribution in [0.25, 0.3) is 0 Å². The summed E-state index contributed by atoms with van der Waals surface area (Å²) >= 11 is 0. The van der Waals surface area contributed by atoms with Crippen LogP contribution in [0.15, 0.2) is 24.3 Å². The second-order valence-corrected chi connectivity index (χ2v) is 5.50. The lowest BCUT2D eigenvalue weighted by molar-refractivity contribution is -0.119. The summed E-state index contributed by atoms with van der Waals surface area (Å²) in [5, 5.41) is 6.32. The monoisotopic (exact) mass is 261 g/mol. The van der Waals surface area contributed by atoms with Gasteiger partial charge in [-0.15, -0.1) is 0 Å². The number of benzene rings is 1. The van der Waals surface area contributed by atoms with Gasteiger partial charge >= 0.3 is 0 Å². The Morgan fingerprint density at radius 1 is 1.42 bits per heavy atom. The summed E-state index contributed by atoms with van der Waals surface area (Å²) in [5.41, 5.74) is 2.11. The van der Waals surface area contributed by atoms with Gasteiger partial charge in [0.05, 0.1) is 6.04 Å². The summed E-state index contributed by atoms with van der Waals surface area (Å²) in [6, 6.07) is 7.89. The molecule has 0 radical (unpaired) electrons. The Bertz CT molecular complexity index is 445. The van der Waals surface area contributed by atoms with Crippen molar-refractivity contribution in [3.63, 3.8) is 0 Å². The van der Waals surface area contributed by atoms with E-state index in [2.05, 4.69) is 35.4 Å². The van der Waals surface area contributed by atoms with Gasteiger partial charge in [-0.05, 0) is 24.6 Å². The topological polar surface area (TPSA) is 44.4 Å². The molecule has 4 nitrogen and oxygen atoms in total. The number of likely N-dealkylation sites (N-methyl/N-ethyl adjacent to an activating group) is 1. The third kappa shape index (κ3) is 3.55. The van der Waals surface area contributed by atoms with Gasteiger partial charge in [-0.1, -0.05) is 32.0 Å². The molecule has 1 aromatic carbocycles. The van der Waals surface area contributed by atoms with Crippen LogP contribution in [0.5, 0.6) is 0 Å². The average Bonchev–Trinajstić information content (AvgIpc) is 2.39. The summed E-state index contributed by atoms with van der Waals surface area (Å²) in [7, 11) is 2.04. The fourth-order valence-electron chi connectivity index (χ4n) is 2.41. The van der Waals surface area contributed by atoms with E-state index in [-0.39, 0.29) is 11.9 Å². The molecule has 1 saturated heterocycles. The quantitative estimate of drug-likeness (QED) is 0.869. The molecular formula is C15H23N3O. The van der Waals surface area contributed by atoms with Crippen LogP contribution in [0.2, 0.25) is 0 Å². The summed E-state index contributed by atoms with van der Waals surface area (Å²) in [6.45, 7) is 6.89. The molecule has 2 rings (SSSR count). The van der Waals surface area contributed by atoms with Gasteiger partial charge in [0.15, 0.2) is 0 Å². The molecule has 1 aliphatic heterocycles. The minimum atomic E-state index is -0.126. The fourth-order valence-corrected chi connectivity index (χ4v) is 2.41. The second kappa shape index (κ2) is 6.17. The lowest BCUT2D eigenvalue weighted by Crippen LogP contribution is -2.54. The van der Waals surface area contributed by atoms with Crippen LogP contribution >= 0.6 is 0 Å². The van der Waals surface area contributed by atoms with Gasteiger partial charge in [0.2, 0.25) is 5.91 Å². The maximum atomic E-state index is 12.3. The van der Waals surface area contributed by atoms with Gasteiger partial charge < -0.3 is 15.5 Å². The fraction of sp³-hybridized carbons (Fsp3) is 0.533. The molecule has 0 spiro atoms. The zero-order chi connectivity index (χ0) is 13.8. The van der Waals surface area contributed by atoms with Crippen molar-refractivity contribution in [3.8, 4) is 0 Å². The lowest BCUT2D eigenvalue weighted by atomic mass is 10.0. The number of amides is 1. The molecule has 1 fully saturated rings. The molecule has 104 valence electrons. The van der Waals surface area contributed by atoms with E-state index in [0.717, 1.165) is 25.3 Å². The highest BCUT2D eigenvalue weighted by atomic mass is 16.2. The van der Waals surface area contributed by atoms with Crippen LogP contribution < -0.4 is 10.6 Å². The molecule has 1 aromatic rings. The minimum absolute atomic E-state index is 0.0552. The Labute approximate surface area is 115 Å². The summed E-state index contributed by atoms with van der Waals surface area (Å²) in [6.07, 6.45) is 0. The normalized spacial score (nSPS) is 20.5. The molecule has 1 amide bonds. The Hall–Kier alpha value is -1.39. The van der Waals surface area contributed by atoms with Crippen molar-refractivity contribution in [1.29, 1.82) is 0 Å². The number of carbonyl (C=O) groups is 1. The standard InChI is InChI=1S/C15H23N3O/c1-11(2)12-6-4-5-7-13(12)17-15(19)14-10-18(3)9-8-16-14/h4-7,11,14,16H,8-10H2,1-3H3,(H,17,19). The molecule has 1 aliphatic rings. The summed E-state index contributed by atoms with van der Waals surface area (Å²) < 4.78 is 0. The van der Waals surface area contributed by atoms with Crippen molar-refractivity contribution in [2.45, 2.75) is 25.8 Å². The van der Waals surface area contributed by atoms with Crippen molar-refractivity contribution in [2.75, 3.05) is 32.0 Å². The highest BCUT2D eigenvalue weighted by molar-refractivity contribution is 5.95. The van der Waals surface area contributed by atoms with Crippen LogP contribution in [0.4, 0.5) is 5.69 Å². The van der Waals surface area contributed by atoms with Crippen LogP contribution in [-0.4, -0.2) is 43.5 Å². The number of carbonyl (C=O) groups excluding carboxylic acids is 1. The molecule has 0 aliphatic carbocycles. The molecule has 1 atom stereocenters. The van der Waals surface area contributed by atoms with E-state index in [4.69, 9.17) is 0 Å². The van der Waals surface area contributed by atoms with E-state index in [1.54, 1.807) is 0 Å². The van der Waals surface area contributed by atoms with Gasteiger partial charge in [0.25, 0.3) is 0 Å². The molecule has 1 heterocycles. The predicted octanol–water partition coefficient (Wildman–Crippen LogP) is 1.65. The maximum absolute atomic E-state index is 12.3. The number of para-hydroxylation sites is 1. The lowest BCUT2D eigenvalue weighted by Gasteiger charge is -2.30. The third-order valence-electron chi connectivity index (χ3n) is 3.54. The summed E-state index contributed by atoms with van der Waals surface area (Å²) in [4.78, 5) is 14.5. The maximum Gasteiger partial charge on any atom is 0.242 e. The van der Waals surface area contributed by atoms with Gasteiger partial charge in [-0.2, -0.15) is 0 Å². The third-order valence-corrected chi connectivity index (χ3v) is 3.54. The van der Waals surface area contributed by atoms with Crippen LogP contribution in [0.3, 0.4) is 0 Å². The molecule has 1 unspecified atom stereocenters. The molecule has 4 heteroatoms. The molecule has 2 N–H and O–H groups in total. The van der Waals surface area contributed by atoms with Gasteiger partial charge in [0, 0.05) is 25.3 Å². The smallest absolute Gasteiger partial charge is 0.242 e. The molecular weight excluding hydrogens is 238 g/mol. The van der Waals surface area contributed by atoms with Crippen molar-refractivity contribution < 1.29 is 4.79 Å². The molecule has 0 aromatic heterocycles. The minimum Gasteiger partial charge on any atom is -0.324 e. The van der Waals surface area contributed by atoms with Gasteiger partial charge in [0.1, 0.15) is 0 Å². The first-order chi connectivity index (χ1) is 9.08. The van der Waals surface area contributed by atoms with E-state index in [0.29, 0.717) is 5.92 Å². The first-order valence-electron chi connectivity index (χ1n) is 6.89. The largest absolute Gasteiger partial charge is 0.324 e. The molecule has 19 heavy (non-hydrogen) atoms. The highest BCUT2D eigenvalue weighted by Crippen LogP contribution is 2.23. The number of hydrogen-bond donors (Lipinski definition) is 2. The number of nitrogens with one attached hydrogen (secondary N) is 2. The van der Waals surface area contributed by atoms with Gasteiger partial charge in [-0.3, -0.25) is 4.79 Å². The first-order valence-corrected chi connectivity index (χ1v) is 6.89. The van der Waals surface area contributed by atoms with E-state index in [1.165, 1.54) is 5.56 Å². The van der Waals surface area contributed by atoms with E-state index < -0.39 is 0 Å². The predicted molar refractivity (Wildman–Crippen MR) is 78.4 cm³/mol. The zero-order valence-electron chi connectivity index (χ0n) is 11.9. The highest BCUT2D eigenvalue weighted by Gasteiger charge is 2.23. The Balaban J connectivity index is 2.06. The van der Waals surface area contributed by atoms with Gasteiger partial charge in [-0.25, -0.2) is 0 Å². The number of anilines is 1. The van der Waals surface area contributed by atoms with Crippen molar-refractivity contribution in [2.24, 2.45) is 0 Å². The number of hydrogen-bond acceptors (Lipinski definition) is 3. The first kappa shape index (κ1) is 14.0. The van der Waals surface area contributed by atoms with Crippen molar-refractivity contribution in [3.05, 3.63) is 29.8 Å². The van der Waals surface area contributed by atoms with E-state index >= 15 is 0 Å². The molecule has 0 saturated carbocycles. The van der Waals surface area contributed by atoms with E-state index in [1.807, 2.05) is 25.2 Å². The molecule has 0 bridgehead atoms. The zero-order valence-corrected chi connectivity index (χ0v) is 11.9. The average molecular weight is 261 g/mol. The second-order valence-electron chi connectivity index (χ2n) is 5.50. The van der Waals surface area contributed by atoms with Crippen molar-refractivity contribution >= 4 is 11.6 Å². The van der Waals surface area contributed by atoms with Crippen molar-refractivity contribution in [1.82, 2.24) is 10.2 Å². The Morgan fingerprint density at radius 3 is 2.84 bits per heavy atom. The number of piperazine rings is 1. The Kier molecular flexibility index (Phi) is 4.56. The van der Waals surface area contributed by atoms with Crippen LogP contribution in [0.1, 0.15) is 25.3 Å². The van der Waals surface area contributed by atoms with E-state index in [9.17, 15) is 4.79 Å². The van der Waals surface area contributed by atoms with Crippen LogP contribution in [0, 0.1) is 0 Å². The Morgan fingerprint density at radius 2 is 2.16 bits per heavy atom. The van der Waals surface area contributed by atoms with Crippen LogP contribution in [-0.2, 0) is 4.79 Å². The number of rotatable bonds is 3. The SMILES string of the molecule is CC(C)c1ccccc1NC(=O)C1CN(C)CCN1. The number of nitrogens with zero attached hydrogens (tertiary/aromatic N) is 1. The summed E-state index contributed by atoms with van der Waals surface area (Å²) in [5.74, 6) is 0.457.